The van der Waals surface area contributed by atoms with Crippen molar-refractivity contribution in [3.05, 3.63) is 42.2 Å². The zero-order valence-corrected chi connectivity index (χ0v) is 13.5. The van der Waals surface area contributed by atoms with Crippen molar-refractivity contribution < 1.29 is 27.8 Å². The van der Waals surface area contributed by atoms with Crippen LogP contribution >= 0.6 is 0 Å². The number of fused-ring (bicyclic) bond motifs is 1. The summed E-state index contributed by atoms with van der Waals surface area (Å²) in [7, 11) is 3.22. The number of ether oxygens (including phenoxy) is 2. The van der Waals surface area contributed by atoms with Gasteiger partial charge in [-0.25, -0.2) is 4.98 Å². The molecule has 132 valence electrons. The first-order valence-electron chi connectivity index (χ1n) is 7.32. The van der Waals surface area contributed by atoms with Crippen molar-refractivity contribution in [3.63, 3.8) is 0 Å². The molecule has 0 aliphatic carbocycles. The maximum absolute atomic E-state index is 12.5. The lowest BCUT2D eigenvalue weighted by Crippen LogP contribution is -2.16. The summed E-state index contributed by atoms with van der Waals surface area (Å²) in [6.07, 6.45) is -3.23. The molecule has 5 nitrogen and oxygen atoms in total. The van der Waals surface area contributed by atoms with Crippen LogP contribution < -0.4 is 9.47 Å². The van der Waals surface area contributed by atoms with E-state index in [1.54, 1.807) is 29.9 Å². The molecule has 0 fully saturated rings. The third-order valence-corrected chi connectivity index (χ3v) is 3.91. The molecule has 0 saturated heterocycles. The molecule has 2 heterocycles. The molecule has 3 aromatic rings. The molecule has 0 radical (unpaired) electrons. The molecule has 3 rings (SSSR count). The Bertz CT molecular complexity index is 902. The van der Waals surface area contributed by atoms with Gasteiger partial charge in [-0.15, -0.1) is 13.2 Å². The normalized spacial score (nSPS) is 11.8. The first-order valence-corrected chi connectivity index (χ1v) is 7.32. The van der Waals surface area contributed by atoms with Crippen LogP contribution in [0, 0.1) is 0 Å². The van der Waals surface area contributed by atoms with Crippen molar-refractivity contribution in [3.8, 4) is 22.8 Å². The number of halogens is 3. The predicted molar refractivity (Wildman–Crippen MR) is 85.3 cm³/mol. The van der Waals surface area contributed by atoms with Crippen molar-refractivity contribution in [2.75, 3.05) is 7.11 Å². The van der Waals surface area contributed by atoms with Gasteiger partial charge in [0.05, 0.1) is 19.4 Å². The number of aliphatic hydroxyl groups is 1. The summed E-state index contributed by atoms with van der Waals surface area (Å²) in [5, 5.41) is 10.3. The van der Waals surface area contributed by atoms with Gasteiger partial charge in [0, 0.05) is 41.3 Å². The minimum atomic E-state index is -4.77. The first-order chi connectivity index (χ1) is 11.8. The number of pyridine rings is 1. The zero-order chi connectivity index (χ0) is 18.2. The molecular weight excluding hydrogens is 337 g/mol. The van der Waals surface area contributed by atoms with E-state index in [2.05, 4.69) is 9.72 Å². The lowest BCUT2D eigenvalue weighted by atomic mass is 10.0. The number of nitrogens with zero attached hydrogens (tertiary/aromatic N) is 2. The van der Waals surface area contributed by atoms with E-state index in [9.17, 15) is 18.3 Å². The van der Waals surface area contributed by atoms with Crippen molar-refractivity contribution >= 4 is 10.9 Å². The fraction of sp³-hybridized carbons (Fsp3) is 0.235. The Morgan fingerprint density at radius 1 is 1.20 bits per heavy atom. The fourth-order valence-corrected chi connectivity index (χ4v) is 2.83. The molecule has 2 aromatic heterocycles. The van der Waals surface area contributed by atoms with Gasteiger partial charge in [-0.2, -0.15) is 0 Å². The Morgan fingerprint density at radius 3 is 2.52 bits per heavy atom. The van der Waals surface area contributed by atoms with E-state index in [1.807, 2.05) is 0 Å². The molecule has 0 amide bonds. The van der Waals surface area contributed by atoms with Gasteiger partial charge in [0.25, 0.3) is 0 Å². The average molecular weight is 352 g/mol. The predicted octanol–water partition coefficient (Wildman–Crippen LogP) is 3.64. The lowest BCUT2D eigenvalue weighted by molar-refractivity contribution is -0.274. The Balaban J connectivity index is 2.21. The van der Waals surface area contributed by atoms with Gasteiger partial charge in [-0.3, -0.25) is 0 Å². The van der Waals surface area contributed by atoms with Crippen molar-refractivity contribution in [1.82, 2.24) is 9.55 Å². The molecule has 0 aliphatic heterocycles. The highest BCUT2D eigenvalue weighted by atomic mass is 19.4. The molecule has 8 heteroatoms. The summed E-state index contributed by atoms with van der Waals surface area (Å²) in [6, 6.07) is 7.45. The van der Waals surface area contributed by atoms with Crippen LogP contribution in [0.1, 0.15) is 5.69 Å². The minimum absolute atomic E-state index is 0.276. The molecule has 0 atom stereocenters. The number of hydrogen-bond acceptors (Lipinski definition) is 4. The van der Waals surface area contributed by atoms with Crippen LogP contribution in [0.4, 0.5) is 13.2 Å². The van der Waals surface area contributed by atoms with Gasteiger partial charge in [0.15, 0.2) is 0 Å². The van der Waals surface area contributed by atoms with E-state index >= 15 is 0 Å². The van der Waals surface area contributed by atoms with E-state index in [1.165, 1.54) is 25.3 Å². The highest BCUT2D eigenvalue weighted by Gasteiger charge is 2.31. The molecular formula is C17H15F3N2O3. The maximum Gasteiger partial charge on any atom is 0.573 e. The topological polar surface area (TPSA) is 56.5 Å². The Morgan fingerprint density at radius 2 is 1.96 bits per heavy atom. The van der Waals surface area contributed by atoms with Crippen LogP contribution in [0.15, 0.2) is 36.5 Å². The molecule has 0 aliphatic rings. The van der Waals surface area contributed by atoms with Gasteiger partial charge in [0.1, 0.15) is 5.75 Å². The molecule has 1 aromatic carbocycles. The largest absolute Gasteiger partial charge is 0.573 e. The van der Waals surface area contributed by atoms with Crippen LogP contribution in [-0.4, -0.2) is 28.1 Å². The van der Waals surface area contributed by atoms with E-state index in [0.29, 0.717) is 33.6 Å². The molecule has 0 saturated carbocycles. The smallest absolute Gasteiger partial charge is 0.481 e. The molecule has 0 spiro atoms. The van der Waals surface area contributed by atoms with Crippen LogP contribution in [0.2, 0.25) is 0 Å². The van der Waals surface area contributed by atoms with E-state index in [4.69, 9.17) is 4.74 Å². The van der Waals surface area contributed by atoms with E-state index in [-0.39, 0.29) is 12.4 Å². The van der Waals surface area contributed by atoms with E-state index in [0.717, 1.165) is 0 Å². The molecule has 25 heavy (non-hydrogen) atoms. The summed E-state index contributed by atoms with van der Waals surface area (Å²) in [4.78, 5) is 4.12. The van der Waals surface area contributed by atoms with Crippen LogP contribution in [-0.2, 0) is 13.7 Å². The summed E-state index contributed by atoms with van der Waals surface area (Å²) >= 11 is 0. The monoisotopic (exact) mass is 352 g/mol. The lowest BCUT2D eigenvalue weighted by Gasteiger charge is -2.09. The summed E-state index contributed by atoms with van der Waals surface area (Å²) in [5.74, 6) is 0.0911. The van der Waals surface area contributed by atoms with Crippen LogP contribution in [0.3, 0.4) is 0 Å². The van der Waals surface area contributed by atoms with Crippen molar-refractivity contribution in [2.45, 2.75) is 13.0 Å². The Kier molecular flexibility index (Phi) is 4.30. The Labute approximate surface area is 141 Å². The summed E-state index contributed by atoms with van der Waals surface area (Å²) in [6.45, 7) is -0.276. The van der Waals surface area contributed by atoms with Gasteiger partial charge in [-0.05, 0) is 24.3 Å². The average Bonchev–Trinajstić information content (AvgIpc) is 2.85. The van der Waals surface area contributed by atoms with Crippen molar-refractivity contribution in [2.24, 2.45) is 7.05 Å². The summed E-state index contributed by atoms with van der Waals surface area (Å²) in [5.41, 5.74) is 2.48. The number of aromatic nitrogens is 2. The van der Waals surface area contributed by atoms with Gasteiger partial charge < -0.3 is 19.1 Å². The van der Waals surface area contributed by atoms with Crippen molar-refractivity contribution in [1.29, 1.82) is 0 Å². The number of aryl methyl sites for hydroxylation is 1. The van der Waals surface area contributed by atoms with Crippen LogP contribution in [0.25, 0.3) is 22.0 Å². The van der Waals surface area contributed by atoms with Crippen LogP contribution in [0.5, 0.6) is 11.6 Å². The molecule has 0 unspecified atom stereocenters. The van der Waals surface area contributed by atoms with Gasteiger partial charge >= 0.3 is 6.36 Å². The molecule has 0 bridgehead atoms. The quantitative estimate of drug-likeness (QED) is 0.779. The SMILES string of the molecule is COc1ccc(-c2c(CO)n(C)c3ccc(OC(F)(F)F)cc23)cn1. The third kappa shape index (κ3) is 3.25. The summed E-state index contributed by atoms with van der Waals surface area (Å²) < 4.78 is 48.3. The highest BCUT2D eigenvalue weighted by molar-refractivity contribution is 5.98. The Hall–Kier alpha value is -2.74. The molecule has 1 N–H and O–H groups in total. The van der Waals surface area contributed by atoms with Gasteiger partial charge in [-0.1, -0.05) is 0 Å². The maximum atomic E-state index is 12.5. The third-order valence-electron chi connectivity index (χ3n) is 3.91. The first kappa shape index (κ1) is 17.1. The second kappa shape index (κ2) is 6.29. The highest BCUT2D eigenvalue weighted by Crippen LogP contribution is 2.37. The standard InChI is InChI=1S/C17H15F3N2O3/c1-22-13-5-4-11(25-17(18,19)20)7-12(13)16(14(22)9-23)10-3-6-15(24-2)21-8-10/h3-8,23H,9H2,1-2H3. The number of rotatable bonds is 4. The number of benzene rings is 1. The van der Waals surface area contributed by atoms with E-state index < -0.39 is 6.36 Å². The number of methoxy groups -OCH3 is 1. The number of aliphatic hydroxyl groups excluding tert-OH is 1. The van der Waals surface area contributed by atoms with Gasteiger partial charge in [0.2, 0.25) is 5.88 Å². The number of alkyl halides is 3. The fourth-order valence-electron chi connectivity index (χ4n) is 2.83. The second-order valence-electron chi connectivity index (χ2n) is 5.35. The number of hydrogen-bond donors (Lipinski definition) is 1. The zero-order valence-electron chi connectivity index (χ0n) is 13.5. The second-order valence-corrected chi connectivity index (χ2v) is 5.35. The minimum Gasteiger partial charge on any atom is -0.481 e.